The van der Waals surface area contributed by atoms with Crippen molar-refractivity contribution in [3.05, 3.63) is 35.9 Å². The standard InChI is InChI=1S/C16H24N4/c1-18-16(12-17,14-7-5-4-6-8-14)13-20-10-9-15(11-20)19(2)3/h4-8,15,18H,9-11,13H2,1-3H3. The van der Waals surface area contributed by atoms with Gasteiger partial charge < -0.3 is 4.90 Å². The van der Waals surface area contributed by atoms with Crippen molar-refractivity contribution in [1.29, 1.82) is 5.26 Å². The molecule has 1 N–H and O–H groups in total. The maximum atomic E-state index is 9.72. The van der Waals surface area contributed by atoms with E-state index >= 15 is 0 Å². The van der Waals surface area contributed by atoms with E-state index in [2.05, 4.69) is 35.3 Å². The maximum Gasteiger partial charge on any atom is 0.144 e. The molecule has 1 aliphatic rings. The summed E-state index contributed by atoms with van der Waals surface area (Å²) in [6.07, 6.45) is 1.17. The summed E-state index contributed by atoms with van der Waals surface area (Å²) in [6, 6.07) is 13.1. The lowest BCUT2D eigenvalue weighted by Crippen LogP contribution is -2.48. The molecule has 1 aromatic carbocycles. The molecule has 0 spiro atoms. The van der Waals surface area contributed by atoms with E-state index in [0.717, 1.165) is 25.2 Å². The summed E-state index contributed by atoms with van der Waals surface area (Å²) < 4.78 is 0. The normalized spacial score (nSPS) is 22.6. The first-order valence-electron chi connectivity index (χ1n) is 7.16. The van der Waals surface area contributed by atoms with Crippen LogP contribution in [0.25, 0.3) is 0 Å². The third kappa shape index (κ3) is 3.01. The van der Waals surface area contributed by atoms with Crippen molar-refractivity contribution in [3.8, 4) is 6.07 Å². The summed E-state index contributed by atoms with van der Waals surface area (Å²) in [6.45, 7) is 2.82. The molecule has 1 aliphatic heterocycles. The molecule has 0 radical (unpaired) electrons. The van der Waals surface area contributed by atoms with Crippen molar-refractivity contribution in [1.82, 2.24) is 15.1 Å². The Bertz CT molecular complexity index is 465. The highest BCUT2D eigenvalue weighted by Gasteiger charge is 2.35. The van der Waals surface area contributed by atoms with Gasteiger partial charge in [-0.2, -0.15) is 5.26 Å². The summed E-state index contributed by atoms with van der Waals surface area (Å²) >= 11 is 0. The van der Waals surface area contributed by atoms with Crippen molar-refractivity contribution in [2.45, 2.75) is 18.0 Å². The number of benzene rings is 1. The van der Waals surface area contributed by atoms with Crippen LogP contribution < -0.4 is 5.32 Å². The molecule has 1 saturated heterocycles. The van der Waals surface area contributed by atoms with E-state index in [4.69, 9.17) is 0 Å². The molecule has 4 nitrogen and oxygen atoms in total. The third-order valence-corrected chi connectivity index (χ3v) is 4.32. The molecule has 108 valence electrons. The Balaban J connectivity index is 2.14. The molecule has 0 bridgehead atoms. The Morgan fingerprint density at radius 1 is 1.40 bits per heavy atom. The van der Waals surface area contributed by atoms with Crippen LogP contribution >= 0.6 is 0 Å². The molecule has 20 heavy (non-hydrogen) atoms. The molecule has 1 aromatic rings. The average Bonchev–Trinajstić information content (AvgIpc) is 2.94. The van der Waals surface area contributed by atoms with Crippen LogP contribution in [0.5, 0.6) is 0 Å². The van der Waals surface area contributed by atoms with Gasteiger partial charge in [-0.25, -0.2) is 0 Å². The average molecular weight is 272 g/mol. The van der Waals surface area contributed by atoms with Gasteiger partial charge >= 0.3 is 0 Å². The lowest BCUT2D eigenvalue weighted by atomic mass is 9.91. The smallest absolute Gasteiger partial charge is 0.144 e. The van der Waals surface area contributed by atoms with E-state index in [1.165, 1.54) is 6.42 Å². The van der Waals surface area contributed by atoms with Crippen molar-refractivity contribution in [2.24, 2.45) is 0 Å². The molecule has 2 unspecified atom stereocenters. The third-order valence-electron chi connectivity index (χ3n) is 4.32. The van der Waals surface area contributed by atoms with E-state index in [1.54, 1.807) is 0 Å². The van der Waals surface area contributed by atoms with Gasteiger partial charge in [-0.05, 0) is 39.7 Å². The molecule has 2 rings (SSSR count). The number of hydrogen-bond donors (Lipinski definition) is 1. The second-order valence-corrected chi connectivity index (χ2v) is 5.77. The molecule has 1 heterocycles. The largest absolute Gasteiger partial charge is 0.305 e. The van der Waals surface area contributed by atoms with Crippen LogP contribution in [0, 0.1) is 11.3 Å². The minimum Gasteiger partial charge on any atom is -0.305 e. The molecule has 0 saturated carbocycles. The highest BCUT2D eigenvalue weighted by Crippen LogP contribution is 2.24. The highest BCUT2D eigenvalue weighted by molar-refractivity contribution is 5.32. The van der Waals surface area contributed by atoms with Crippen LogP contribution in [-0.2, 0) is 5.54 Å². The van der Waals surface area contributed by atoms with Gasteiger partial charge in [0.05, 0.1) is 6.07 Å². The van der Waals surface area contributed by atoms with Gasteiger partial charge in [-0.3, -0.25) is 10.2 Å². The first kappa shape index (κ1) is 15.0. The van der Waals surface area contributed by atoms with Crippen molar-refractivity contribution in [3.63, 3.8) is 0 Å². The summed E-state index contributed by atoms with van der Waals surface area (Å²) in [4.78, 5) is 4.66. The predicted octanol–water partition coefficient (Wildman–Crippen LogP) is 1.26. The van der Waals surface area contributed by atoms with Crippen LogP contribution in [0.15, 0.2) is 30.3 Å². The maximum absolute atomic E-state index is 9.72. The van der Waals surface area contributed by atoms with Gasteiger partial charge in [0.2, 0.25) is 0 Å². The summed E-state index contributed by atoms with van der Waals surface area (Å²) in [7, 11) is 6.12. The van der Waals surface area contributed by atoms with Crippen LogP contribution in [0.4, 0.5) is 0 Å². The molecule has 4 heteroatoms. The monoisotopic (exact) mass is 272 g/mol. The highest BCUT2D eigenvalue weighted by atomic mass is 15.2. The fraction of sp³-hybridized carbons (Fsp3) is 0.562. The topological polar surface area (TPSA) is 42.3 Å². The zero-order chi connectivity index (χ0) is 14.6. The van der Waals surface area contributed by atoms with Gasteiger partial charge in [-0.1, -0.05) is 30.3 Å². The first-order valence-corrected chi connectivity index (χ1v) is 7.16. The van der Waals surface area contributed by atoms with Crippen molar-refractivity contribution in [2.75, 3.05) is 40.8 Å². The second-order valence-electron chi connectivity index (χ2n) is 5.77. The van der Waals surface area contributed by atoms with E-state index in [0.29, 0.717) is 6.04 Å². The van der Waals surface area contributed by atoms with E-state index in [9.17, 15) is 5.26 Å². The van der Waals surface area contributed by atoms with Crippen LogP contribution in [0.2, 0.25) is 0 Å². The molecule has 1 fully saturated rings. The lowest BCUT2D eigenvalue weighted by Gasteiger charge is -2.31. The van der Waals surface area contributed by atoms with Crippen LogP contribution in [-0.4, -0.2) is 56.6 Å². The lowest BCUT2D eigenvalue weighted by molar-refractivity contribution is 0.231. The van der Waals surface area contributed by atoms with E-state index in [1.807, 2.05) is 37.4 Å². The number of rotatable bonds is 5. The number of hydrogen-bond acceptors (Lipinski definition) is 4. The van der Waals surface area contributed by atoms with Gasteiger partial charge in [0.25, 0.3) is 0 Å². The second kappa shape index (κ2) is 6.36. The van der Waals surface area contributed by atoms with Crippen LogP contribution in [0.3, 0.4) is 0 Å². The minimum absolute atomic E-state index is 0.596. The van der Waals surface area contributed by atoms with Gasteiger partial charge in [0.15, 0.2) is 0 Å². The fourth-order valence-corrected chi connectivity index (χ4v) is 2.91. The Morgan fingerprint density at radius 2 is 2.10 bits per heavy atom. The van der Waals surface area contributed by atoms with E-state index in [-0.39, 0.29) is 0 Å². The number of likely N-dealkylation sites (N-methyl/N-ethyl adjacent to an activating group) is 2. The zero-order valence-corrected chi connectivity index (χ0v) is 12.6. The first-order chi connectivity index (χ1) is 9.61. The molecule has 0 aromatic heterocycles. The molecular formula is C16H24N4. The van der Waals surface area contributed by atoms with Gasteiger partial charge in [0, 0.05) is 19.1 Å². The summed E-state index contributed by atoms with van der Waals surface area (Å²) in [5, 5.41) is 13.0. The number of nitrogens with zero attached hydrogens (tertiary/aromatic N) is 3. The minimum atomic E-state index is -0.623. The Hall–Kier alpha value is -1.41. The summed E-state index contributed by atoms with van der Waals surface area (Å²) in [5.74, 6) is 0. The zero-order valence-electron chi connectivity index (χ0n) is 12.6. The fourth-order valence-electron chi connectivity index (χ4n) is 2.91. The van der Waals surface area contributed by atoms with Gasteiger partial charge in [-0.15, -0.1) is 0 Å². The number of likely N-dealkylation sites (tertiary alicyclic amines) is 1. The Morgan fingerprint density at radius 3 is 2.60 bits per heavy atom. The number of nitriles is 1. The molecule has 0 aliphatic carbocycles. The van der Waals surface area contributed by atoms with Crippen LogP contribution in [0.1, 0.15) is 12.0 Å². The SMILES string of the molecule is CNC(C#N)(CN1CCC(N(C)C)C1)c1ccccc1. The van der Waals surface area contributed by atoms with Crippen molar-refractivity contribution >= 4 is 0 Å². The Kier molecular flexibility index (Phi) is 4.77. The number of nitrogens with one attached hydrogen (secondary N) is 1. The summed E-state index contributed by atoms with van der Waals surface area (Å²) in [5.41, 5.74) is 0.418. The Labute approximate surface area is 122 Å². The molecule has 0 amide bonds. The van der Waals surface area contributed by atoms with Crippen molar-refractivity contribution < 1.29 is 0 Å². The molecule has 2 atom stereocenters. The van der Waals surface area contributed by atoms with Gasteiger partial charge in [0.1, 0.15) is 5.54 Å². The molecular weight excluding hydrogens is 248 g/mol. The van der Waals surface area contributed by atoms with E-state index < -0.39 is 5.54 Å². The quantitative estimate of drug-likeness (QED) is 0.876. The predicted molar refractivity (Wildman–Crippen MR) is 81.3 cm³/mol.